The number of β-amino-alcohol motifs (C(OH)–C–C–N with tert-alkyl or cyclic N) is 1. The Hall–Kier alpha value is -0.770. The summed E-state index contributed by atoms with van der Waals surface area (Å²) in [4.78, 5) is 13.5. The van der Waals surface area contributed by atoms with Gasteiger partial charge in [0.1, 0.15) is 5.60 Å². The van der Waals surface area contributed by atoms with Gasteiger partial charge in [-0.25, -0.2) is 4.79 Å². The number of rotatable bonds is 7. The van der Waals surface area contributed by atoms with Crippen molar-refractivity contribution in [3.8, 4) is 0 Å². The summed E-state index contributed by atoms with van der Waals surface area (Å²) in [7, 11) is 0. The molecular formula is C15H29NO3. The first-order valence-corrected chi connectivity index (χ1v) is 7.60. The third kappa shape index (κ3) is 6.28. The molecule has 1 saturated heterocycles. The number of likely N-dealkylation sites (tertiary alicyclic amines) is 1. The van der Waals surface area contributed by atoms with Crippen molar-refractivity contribution >= 4 is 6.09 Å². The lowest BCUT2D eigenvalue weighted by Gasteiger charge is -2.28. The highest BCUT2D eigenvalue weighted by Crippen LogP contribution is 2.21. The van der Waals surface area contributed by atoms with Gasteiger partial charge in [0.2, 0.25) is 0 Å². The first-order chi connectivity index (χ1) is 8.94. The predicted octanol–water partition coefficient (Wildman–Crippen LogP) is 3.33. The second kappa shape index (κ2) is 7.73. The predicted molar refractivity (Wildman–Crippen MR) is 76.1 cm³/mol. The molecule has 1 rings (SSSR count). The van der Waals surface area contributed by atoms with Gasteiger partial charge in [-0.15, -0.1) is 0 Å². The molecule has 1 heterocycles. The molecule has 0 spiro atoms. The van der Waals surface area contributed by atoms with Gasteiger partial charge in [0, 0.05) is 13.1 Å². The largest absolute Gasteiger partial charge is 0.443 e. The van der Waals surface area contributed by atoms with Crippen molar-refractivity contribution in [3.05, 3.63) is 0 Å². The monoisotopic (exact) mass is 271 g/mol. The SMILES string of the molecule is CCCCCCCC(C)(C)OC(=O)N1CCC(O)C1. The van der Waals surface area contributed by atoms with Crippen LogP contribution in [0.1, 0.15) is 65.7 Å². The maximum absolute atomic E-state index is 11.9. The Morgan fingerprint density at radius 1 is 1.32 bits per heavy atom. The molecule has 4 heteroatoms. The maximum atomic E-state index is 11.9. The fourth-order valence-corrected chi connectivity index (χ4v) is 2.41. The summed E-state index contributed by atoms with van der Waals surface area (Å²) in [6.07, 6.45) is 6.99. The van der Waals surface area contributed by atoms with Gasteiger partial charge >= 0.3 is 6.09 Å². The number of nitrogens with zero attached hydrogens (tertiary/aromatic N) is 1. The molecule has 1 N–H and O–H groups in total. The lowest BCUT2D eigenvalue weighted by Crippen LogP contribution is -2.37. The van der Waals surface area contributed by atoms with E-state index in [1.807, 2.05) is 13.8 Å². The molecule has 0 bridgehead atoms. The van der Waals surface area contributed by atoms with Gasteiger partial charge in [0.25, 0.3) is 0 Å². The molecule has 4 nitrogen and oxygen atoms in total. The van der Waals surface area contributed by atoms with Gasteiger partial charge in [-0.2, -0.15) is 0 Å². The molecule has 0 aliphatic carbocycles. The van der Waals surface area contributed by atoms with E-state index < -0.39 is 5.60 Å². The average Bonchev–Trinajstić information content (AvgIpc) is 2.75. The van der Waals surface area contributed by atoms with Crippen molar-refractivity contribution in [3.63, 3.8) is 0 Å². The molecule has 1 aliphatic rings. The molecule has 0 saturated carbocycles. The number of amides is 1. The number of hydrogen-bond acceptors (Lipinski definition) is 3. The quantitative estimate of drug-likeness (QED) is 0.723. The molecule has 0 radical (unpaired) electrons. The summed E-state index contributed by atoms with van der Waals surface area (Å²) in [5, 5.41) is 9.42. The van der Waals surface area contributed by atoms with Crippen molar-refractivity contribution in [1.82, 2.24) is 4.90 Å². The number of unbranched alkanes of at least 4 members (excludes halogenated alkanes) is 4. The number of aliphatic hydroxyl groups is 1. The van der Waals surface area contributed by atoms with E-state index in [0.717, 1.165) is 12.8 Å². The van der Waals surface area contributed by atoms with E-state index in [-0.39, 0.29) is 12.2 Å². The van der Waals surface area contributed by atoms with Crippen LogP contribution in [-0.4, -0.2) is 40.9 Å². The molecular weight excluding hydrogens is 242 g/mol. The fourth-order valence-electron chi connectivity index (χ4n) is 2.41. The first-order valence-electron chi connectivity index (χ1n) is 7.60. The van der Waals surface area contributed by atoms with Crippen molar-refractivity contribution in [2.75, 3.05) is 13.1 Å². The molecule has 1 amide bonds. The van der Waals surface area contributed by atoms with Crippen molar-refractivity contribution in [2.45, 2.75) is 77.4 Å². The standard InChI is InChI=1S/C15H29NO3/c1-4-5-6-7-8-10-15(2,3)19-14(18)16-11-9-13(17)12-16/h13,17H,4-12H2,1-3H3. The molecule has 1 atom stereocenters. The molecule has 1 fully saturated rings. The van der Waals surface area contributed by atoms with Gasteiger partial charge in [-0.3, -0.25) is 0 Å². The lowest BCUT2D eigenvalue weighted by atomic mass is 9.99. The number of aliphatic hydroxyl groups excluding tert-OH is 1. The van der Waals surface area contributed by atoms with Crippen LogP contribution >= 0.6 is 0 Å². The van der Waals surface area contributed by atoms with Crippen LogP contribution in [0.2, 0.25) is 0 Å². The highest BCUT2D eigenvalue weighted by molar-refractivity contribution is 5.68. The van der Waals surface area contributed by atoms with E-state index in [1.165, 1.54) is 25.7 Å². The number of ether oxygens (including phenoxy) is 1. The molecule has 0 aromatic rings. The van der Waals surface area contributed by atoms with Crippen molar-refractivity contribution in [1.29, 1.82) is 0 Å². The van der Waals surface area contributed by atoms with E-state index in [0.29, 0.717) is 19.5 Å². The minimum Gasteiger partial charge on any atom is -0.443 e. The third-order valence-corrected chi connectivity index (χ3v) is 3.67. The second-order valence-corrected chi connectivity index (χ2v) is 6.18. The van der Waals surface area contributed by atoms with Gasteiger partial charge in [0.15, 0.2) is 0 Å². The summed E-state index contributed by atoms with van der Waals surface area (Å²) >= 11 is 0. The van der Waals surface area contributed by atoms with E-state index in [9.17, 15) is 9.90 Å². The van der Waals surface area contributed by atoms with Crippen LogP contribution in [0.25, 0.3) is 0 Å². The van der Waals surface area contributed by atoms with Gasteiger partial charge in [-0.1, -0.05) is 32.6 Å². The minimum atomic E-state index is -0.406. The molecule has 0 aromatic carbocycles. The number of carbonyl (C=O) groups is 1. The van der Waals surface area contributed by atoms with E-state index in [2.05, 4.69) is 6.92 Å². The van der Waals surface area contributed by atoms with Crippen LogP contribution in [0.15, 0.2) is 0 Å². The Balaban J connectivity index is 2.23. The van der Waals surface area contributed by atoms with Crippen LogP contribution < -0.4 is 0 Å². The fraction of sp³-hybridized carbons (Fsp3) is 0.933. The summed E-state index contributed by atoms with van der Waals surface area (Å²) in [5.41, 5.74) is -0.406. The summed E-state index contributed by atoms with van der Waals surface area (Å²) in [6, 6.07) is 0. The molecule has 19 heavy (non-hydrogen) atoms. The Labute approximate surface area is 117 Å². The average molecular weight is 271 g/mol. The van der Waals surface area contributed by atoms with Crippen LogP contribution in [0.5, 0.6) is 0 Å². The zero-order valence-electron chi connectivity index (χ0n) is 12.7. The molecule has 0 aromatic heterocycles. The van der Waals surface area contributed by atoms with Gasteiger partial charge in [0.05, 0.1) is 6.10 Å². The summed E-state index contributed by atoms with van der Waals surface area (Å²) in [6.45, 7) is 7.16. The van der Waals surface area contributed by atoms with Crippen LogP contribution in [0.4, 0.5) is 4.79 Å². The van der Waals surface area contributed by atoms with Crippen LogP contribution in [-0.2, 0) is 4.74 Å². The molecule has 1 aliphatic heterocycles. The normalized spacial score (nSPS) is 19.8. The molecule has 1 unspecified atom stereocenters. The third-order valence-electron chi connectivity index (χ3n) is 3.67. The summed E-state index contributed by atoms with van der Waals surface area (Å²) in [5.74, 6) is 0. The lowest BCUT2D eigenvalue weighted by molar-refractivity contribution is 0.00887. The summed E-state index contributed by atoms with van der Waals surface area (Å²) < 4.78 is 5.55. The topological polar surface area (TPSA) is 49.8 Å². The van der Waals surface area contributed by atoms with Crippen molar-refractivity contribution in [2.24, 2.45) is 0 Å². The maximum Gasteiger partial charge on any atom is 0.410 e. The van der Waals surface area contributed by atoms with E-state index >= 15 is 0 Å². The Morgan fingerprint density at radius 2 is 2.00 bits per heavy atom. The highest BCUT2D eigenvalue weighted by Gasteiger charge is 2.30. The Bertz CT molecular complexity index is 279. The van der Waals surface area contributed by atoms with Crippen LogP contribution in [0, 0.1) is 0 Å². The second-order valence-electron chi connectivity index (χ2n) is 6.18. The van der Waals surface area contributed by atoms with Gasteiger partial charge in [-0.05, 0) is 33.1 Å². The highest BCUT2D eigenvalue weighted by atomic mass is 16.6. The van der Waals surface area contributed by atoms with Crippen LogP contribution in [0.3, 0.4) is 0 Å². The first kappa shape index (κ1) is 16.3. The number of carbonyl (C=O) groups excluding carboxylic acids is 1. The van der Waals surface area contributed by atoms with Crippen molar-refractivity contribution < 1.29 is 14.6 Å². The smallest absolute Gasteiger partial charge is 0.410 e. The van der Waals surface area contributed by atoms with E-state index in [4.69, 9.17) is 4.74 Å². The minimum absolute atomic E-state index is 0.282. The molecule has 112 valence electrons. The zero-order chi connectivity index (χ0) is 14.3. The van der Waals surface area contributed by atoms with Gasteiger partial charge < -0.3 is 14.7 Å². The van der Waals surface area contributed by atoms with E-state index in [1.54, 1.807) is 4.90 Å². The zero-order valence-corrected chi connectivity index (χ0v) is 12.7. The number of hydrogen-bond donors (Lipinski definition) is 1. The Kier molecular flexibility index (Phi) is 6.63. The Morgan fingerprint density at radius 3 is 2.58 bits per heavy atom.